The maximum absolute atomic E-state index is 13.4. The fourth-order valence-electron chi connectivity index (χ4n) is 7.14. The molecule has 0 saturated carbocycles. The van der Waals surface area contributed by atoms with E-state index in [2.05, 4.69) is 42.5 Å². The summed E-state index contributed by atoms with van der Waals surface area (Å²) in [6.45, 7) is 8.76. The monoisotopic (exact) mass is 879 g/mol. The van der Waals surface area contributed by atoms with Gasteiger partial charge in [0.2, 0.25) is 59.1 Å². The summed E-state index contributed by atoms with van der Waals surface area (Å²) < 4.78 is 5.25. The van der Waals surface area contributed by atoms with Crippen LogP contribution < -0.4 is 48.3 Å². The van der Waals surface area contributed by atoms with E-state index in [4.69, 9.17) is 10.5 Å². The molecule has 348 valence electrons. The summed E-state index contributed by atoms with van der Waals surface area (Å²) >= 11 is 0. The number of hydrogen-bond donors (Lipinski definition) is 10. The van der Waals surface area contributed by atoms with Crippen molar-refractivity contribution in [2.75, 3.05) is 52.6 Å². The highest BCUT2D eigenvalue weighted by Gasteiger charge is 2.38. The van der Waals surface area contributed by atoms with Crippen LogP contribution in [0.3, 0.4) is 0 Å². The number of nitrogens with one attached hydrogen (secondary N) is 8. The minimum absolute atomic E-state index is 0.0890. The van der Waals surface area contributed by atoms with Gasteiger partial charge in [0.15, 0.2) is 0 Å². The molecular weight excluding hydrogens is 814 g/mol. The summed E-state index contributed by atoms with van der Waals surface area (Å²) in [7, 11) is 0. The molecule has 62 heavy (non-hydrogen) atoms. The van der Waals surface area contributed by atoms with Crippen LogP contribution in [0.4, 0.5) is 0 Å². The largest absolute Gasteiger partial charge is 0.392 e. The Balaban J connectivity index is 1.53. The molecule has 3 saturated heterocycles. The molecule has 23 heteroatoms. The Morgan fingerprint density at radius 2 is 1.34 bits per heavy atom. The molecule has 0 spiro atoms. The second-order valence-electron chi connectivity index (χ2n) is 16.7. The molecule has 0 aliphatic carbocycles. The van der Waals surface area contributed by atoms with E-state index in [-0.39, 0.29) is 63.1 Å². The summed E-state index contributed by atoms with van der Waals surface area (Å²) in [6, 6.07) is -6.08. The molecule has 3 rings (SSSR count). The number of primary amides is 1. The number of nitrogens with two attached hydrogens (primary N) is 1. The van der Waals surface area contributed by atoms with Crippen molar-refractivity contribution in [1.29, 1.82) is 0 Å². The van der Waals surface area contributed by atoms with Crippen LogP contribution >= 0.6 is 0 Å². The standard InChI is InChI=1S/C39H65N11O12/c1-21(2)13-27(48-37(59)25(8-9-30(40)52)46-31(53)17-42-35(57)26-15-24(51)16-41-26)36(58)43-18-32(54)47-28(14-22(3)4)38(60)45-23(5)34(56)44-19-33(55)50-10-6-7-29(50)39(61)49-11-12-62-20-49/h21-29,41,51H,6-20H2,1-5H3,(H2,40,52)(H,42,57)(H,43,58)(H,44,56)(H,45,60)(H,46,53)(H,47,54)(H,48,59)/t23-,24+,25-,26-,27-,28-,29-/m0/s1. The van der Waals surface area contributed by atoms with Gasteiger partial charge in [0.1, 0.15) is 36.9 Å². The van der Waals surface area contributed by atoms with Gasteiger partial charge in [0, 0.05) is 26.1 Å². The van der Waals surface area contributed by atoms with Crippen LogP contribution in [0.1, 0.15) is 79.6 Å². The number of carbonyl (C=O) groups excluding carboxylic acids is 10. The fourth-order valence-corrected chi connectivity index (χ4v) is 7.14. The first-order valence-electron chi connectivity index (χ1n) is 21.1. The lowest BCUT2D eigenvalue weighted by atomic mass is 10.0. The molecule has 23 nitrogen and oxygen atoms in total. The second kappa shape index (κ2) is 24.9. The molecular formula is C39H65N11O12. The number of aliphatic hydroxyl groups is 1. The Hall–Kier alpha value is -5.42. The molecule has 3 fully saturated rings. The third kappa shape index (κ3) is 16.8. The summed E-state index contributed by atoms with van der Waals surface area (Å²) in [5.41, 5.74) is 5.28. The van der Waals surface area contributed by atoms with E-state index < -0.39 is 115 Å². The Bertz CT molecular complexity index is 1640. The van der Waals surface area contributed by atoms with Gasteiger partial charge < -0.3 is 67.9 Å². The van der Waals surface area contributed by atoms with Gasteiger partial charge >= 0.3 is 0 Å². The normalized spacial score (nSPS) is 20.4. The van der Waals surface area contributed by atoms with Crippen LogP contribution in [0.5, 0.6) is 0 Å². The molecule has 10 amide bonds. The number of rotatable bonds is 23. The smallest absolute Gasteiger partial charge is 0.247 e. The van der Waals surface area contributed by atoms with Gasteiger partial charge in [-0.2, -0.15) is 0 Å². The number of amides is 10. The molecule has 0 unspecified atom stereocenters. The van der Waals surface area contributed by atoms with Crippen molar-refractivity contribution >= 4 is 59.1 Å². The Morgan fingerprint density at radius 3 is 1.92 bits per heavy atom. The summed E-state index contributed by atoms with van der Waals surface area (Å²) in [5, 5.41) is 30.0. The Labute approximate surface area is 360 Å². The average molecular weight is 880 g/mol. The molecule has 3 aliphatic heterocycles. The van der Waals surface area contributed by atoms with Gasteiger partial charge in [-0.3, -0.25) is 47.9 Å². The Morgan fingerprint density at radius 1 is 0.742 bits per heavy atom. The first kappa shape index (κ1) is 50.9. The van der Waals surface area contributed by atoms with Crippen molar-refractivity contribution < 1.29 is 57.8 Å². The summed E-state index contributed by atoms with van der Waals surface area (Å²) in [6.07, 6.45) is 0.374. The van der Waals surface area contributed by atoms with Gasteiger partial charge in [0.25, 0.3) is 0 Å². The number of nitrogens with zero attached hydrogens (tertiary/aromatic N) is 2. The highest BCUT2D eigenvalue weighted by Crippen LogP contribution is 2.20. The maximum atomic E-state index is 13.4. The molecule has 3 aliphatic rings. The zero-order valence-electron chi connectivity index (χ0n) is 36.2. The lowest BCUT2D eigenvalue weighted by Gasteiger charge is -2.27. The van der Waals surface area contributed by atoms with E-state index >= 15 is 0 Å². The van der Waals surface area contributed by atoms with Crippen molar-refractivity contribution in [3.63, 3.8) is 0 Å². The second-order valence-corrected chi connectivity index (χ2v) is 16.7. The topological polar surface area (TPSA) is 329 Å². The zero-order chi connectivity index (χ0) is 46.1. The summed E-state index contributed by atoms with van der Waals surface area (Å²) in [4.78, 5) is 132. The summed E-state index contributed by atoms with van der Waals surface area (Å²) in [5.74, 6) is -6.57. The molecule has 3 heterocycles. The van der Waals surface area contributed by atoms with Crippen molar-refractivity contribution in [3.05, 3.63) is 0 Å². The van der Waals surface area contributed by atoms with E-state index in [0.29, 0.717) is 32.5 Å². The van der Waals surface area contributed by atoms with E-state index in [1.165, 1.54) is 11.8 Å². The Kier molecular flexibility index (Phi) is 20.4. The van der Waals surface area contributed by atoms with E-state index in [9.17, 15) is 53.1 Å². The molecule has 7 atom stereocenters. The van der Waals surface area contributed by atoms with Crippen LogP contribution in [0.15, 0.2) is 0 Å². The molecule has 0 radical (unpaired) electrons. The highest BCUT2D eigenvalue weighted by molar-refractivity contribution is 5.97. The highest BCUT2D eigenvalue weighted by atomic mass is 16.5. The third-order valence-corrected chi connectivity index (χ3v) is 10.4. The number of carbonyl (C=O) groups is 10. The van der Waals surface area contributed by atoms with E-state index in [0.717, 1.165) is 0 Å². The van der Waals surface area contributed by atoms with E-state index in [1.807, 2.05) is 13.8 Å². The molecule has 0 aromatic carbocycles. The number of β-amino-alcohol motifs (C(OH)–C–C–N with tert-alkyl or cyclic N) is 1. The number of ether oxygens (including phenoxy) is 1. The van der Waals surface area contributed by atoms with Crippen LogP contribution in [0.25, 0.3) is 0 Å². The zero-order valence-corrected chi connectivity index (χ0v) is 36.2. The number of likely N-dealkylation sites (tertiary alicyclic amines) is 1. The maximum Gasteiger partial charge on any atom is 0.247 e. The third-order valence-electron chi connectivity index (χ3n) is 10.4. The van der Waals surface area contributed by atoms with E-state index in [1.54, 1.807) is 18.7 Å². The number of aliphatic hydroxyl groups excluding tert-OH is 1. The van der Waals surface area contributed by atoms with Crippen LogP contribution in [-0.4, -0.2) is 169 Å². The lowest BCUT2D eigenvalue weighted by Crippen LogP contribution is -2.57. The quantitative estimate of drug-likeness (QED) is 0.0461. The molecule has 0 aromatic rings. The van der Waals surface area contributed by atoms with Crippen LogP contribution in [-0.2, 0) is 52.7 Å². The van der Waals surface area contributed by atoms with Gasteiger partial charge in [-0.25, -0.2) is 0 Å². The molecule has 11 N–H and O–H groups in total. The van der Waals surface area contributed by atoms with Crippen molar-refractivity contribution in [2.24, 2.45) is 17.6 Å². The fraction of sp³-hybridized carbons (Fsp3) is 0.744. The van der Waals surface area contributed by atoms with Crippen molar-refractivity contribution in [3.8, 4) is 0 Å². The number of hydrogen-bond acceptors (Lipinski definition) is 13. The van der Waals surface area contributed by atoms with Gasteiger partial charge in [-0.1, -0.05) is 27.7 Å². The van der Waals surface area contributed by atoms with Gasteiger partial charge in [-0.05, 0) is 57.3 Å². The molecule has 0 bridgehead atoms. The van der Waals surface area contributed by atoms with Crippen molar-refractivity contribution in [2.45, 2.75) is 122 Å². The first-order chi connectivity index (χ1) is 29.2. The minimum atomic E-state index is -1.33. The predicted octanol–water partition coefficient (Wildman–Crippen LogP) is -4.82. The lowest BCUT2D eigenvalue weighted by molar-refractivity contribution is -0.144. The minimum Gasteiger partial charge on any atom is -0.392 e. The molecule has 0 aromatic heterocycles. The van der Waals surface area contributed by atoms with Crippen LogP contribution in [0.2, 0.25) is 0 Å². The van der Waals surface area contributed by atoms with Crippen LogP contribution in [0, 0.1) is 11.8 Å². The SMILES string of the molecule is CC(C)C[C@H](NC(=O)CNC(=O)[C@H](CC(C)C)NC(=O)[C@H](CCC(N)=O)NC(=O)CNC(=O)[C@@H]1C[C@@H](O)CN1)C(=O)N[C@@H](C)C(=O)NCC(=O)N1CCC[C@H]1C(=O)N1CCOC1. The average Bonchev–Trinajstić information content (AvgIpc) is 4.01. The first-order valence-corrected chi connectivity index (χ1v) is 21.1. The van der Waals surface area contributed by atoms with Gasteiger partial charge in [-0.15, -0.1) is 0 Å². The predicted molar refractivity (Wildman–Crippen MR) is 219 cm³/mol. The van der Waals surface area contributed by atoms with Gasteiger partial charge in [0.05, 0.1) is 38.4 Å². The van der Waals surface area contributed by atoms with Crippen molar-refractivity contribution in [1.82, 2.24) is 52.3 Å².